The molecule has 1 aliphatic carbocycles. The maximum absolute atomic E-state index is 14.2. The SMILES string of the molecule is CC(C)(CF)OC(=O)N1CCC2(CC1)CC(CCCOc1ccc(C(=O)NCCO)c(F)c1)C2. The number of carbonyl (C=O) groups is 2. The number of nitrogens with zero attached hydrogens (tertiary/aromatic N) is 1. The van der Waals surface area contributed by atoms with E-state index in [1.807, 2.05) is 0 Å². The number of rotatable bonds is 10. The number of ether oxygens (including phenoxy) is 2. The Kier molecular flexibility index (Phi) is 8.73. The zero-order valence-electron chi connectivity index (χ0n) is 20.1. The quantitative estimate of drug-likeness (QED) is 0.491. The summed E-state index contributed by atoms with van der Waals surface area (Å²) in [7, 11) is 0. The molecule has 1 spiro atoms. The number of piperidine rings is 1. The molecule has 7 nitrogen and oxygen atoms in total. The predicted octanol–water partition coefficient (Wildman–Crippen LogP) is 4.08. The van der Waals surface area contributed by atoms with E-state index in [1.54, 1.807) is 24.8 Å². The van der Waals surface area contributed by atoms with Gasteiger partial charge in [0, 0.05) is 25.7 Å². The van der Waals surface area contributed by atoms with Crippen molar-refractivity contribution in [2.75, 3.05) is 39.5 Å². The van der Waals surface area contributed by atoms with Crippen LogP contribution in [0.5, 0.6) is 5.75 Å². The van der Waals surface area contributed by atoms with Gasteiger partial charge in [-0.1, -0.05) is 0 Å². The second-order valence-corrected chi connectivity index (χ2v) is 10.1. The third-order valence-corrected chi connectivity index (χ3v) is 6.82. The molecule has 2 fully saturated rings. The maximum Gasteiger partial charge on any atom is 0.410 e. The summed E-state index contributed by atoms with van der Waals surface area (Å²) in [6, 6.07) is 4.16. The molecule has 9 heteroatoms. The Morgan fingerprint density at radius 3 is 2.59 bits per heavy atom. The Morgan fingerprint density at radius 2 is 1.97 bits per heavy atom. The number of alkyl halides is 1. The smallest absolute Gasteiger partial charge is 0.410 e. The molecule has 2 N–H and O–H groups in total. The molecule has 34 heavy (non-hydrogen) atoms. The van der Waals surface area contributed by atoms with Gasteiger partial charge in [-0.15, -0.1) is 0 Å². The van der Waals surface area contributed by atoms with Crippen molar-refractivity contribution in [1.29, 1.82) is 0 Å². The zero-order valence-corrected chi connectivity index (χ0v) is 20.1. The summed E-state index contributed by atoms with van der Waals surface area (Å²) in [6.07, 6.45) is 5.63. The highest BCUT2D eigenvalue weighted by Crippen LogP contribution is 2.54. The number of likely N-dealkylation sites (tertiary alicyclic amines) is 1. The van der Waals surface area contributed by atoms with E-state index in [9.17, 15) is 18.4 Å². The van der Waals surface area contributed by atoms with Gasteiger partial charge in [-0.25, -0.2) is 13.6 Å². The van der Waals surface area contributed by atoms with Crippen molar-refractivity contribution in [3.8, 4) is 5.75 Å². The highest BCUT2D eigenvalue weighted by molar-refractivity contribution is 5.94. The van der Waals surface area contributed by atoms with Crippen LogP contribution < -0.4 is 10.1 Å². The number of hydrogen-bond acceptors (Lipinski definition) is 5. The molecule has 0 atom stereocenters. The number of halogens is 2. The molecule has 2 amide bonds. The highest BCUT2D eigenvalue weighted by Gasteiger charge is 2.46. The molecule has 1 saturated heterocycles. The molecule has 1 aromatic carbocycles. The van der Waals surface area contributed by atoms with Gasteiger partial charge in [0.1, 0.15) is 23.8 Å². The largest absolute Gasteiger partial charge is 0.493 e. The molecule has 1 heterocycles. The van der Waals surface area contributed by atoms with Crippen molar-refractivity contribution >= 4 is 12.0 Å². The van der Waals surface area contributed by atoms with Crippen LogP contribution >= 0.6 is 0 Å². The number of aliphatic hydroxyl groups excluding tert-OH is 1. The first-order chi connectivity index (χ1) is 16.2. The zero-order chi connectivity index (χ0) is 24.8. The fourth-order valence-corrected chi connectivity index (χ4v) is 4.87. The van der Waals surface area contributed by atoms with Crippen LogP contribution in [-0.2, 0) is 4.74 Å². The van der Waals surface area contributed by atoms with Gasteiger partial charge < -0.3 is 24.8 Å². The lowest BCUT2D eigenvalue weighted by molar-refractivity contribution is -0.0379. The van der Waals surface area contributed by atoms with E-state index in [4.69, 9.17) is 14.6 Å². The van der Waals surface area contributed by atoms with E-state index in [-0.39, 0.29) is 18.7 Å². The monoisotopic (exact) mass is 482 g/mol. The average Bonchev–Trinajstić information content (AvgIpc) is 2.79. The first kappa shape index (κ1) is 26.2. The predicted molar refractivity (Wildman–Crippen MR) is 123 cm³/mol. The highest BCUT2D eigenvalue weighted by atomic mass is 19.1. The van der Waals surface area contributed by atoms with Crippen LogP contribution in [0.3, 0.4) is 0 Å². The molecule has 3 rings (SSSR count). The second kappa shape index (κ2) is 11.3. The Hall–Kier alpha value is -2.42. The van der Waals surface area contributed by atoms with Crippen LogP contribution in [0.4, 0.5) is 13.6 Å². The number of amides is 2. The molecule has 0 aromatic heterocycles. The maximum atomic E-state index is 14.2. The molecule has 1 aromatic rings. The van der Waals surface area contributed by atoms with Gasteiger partial charge in [-0.05, 0) is 75.8 Å². The number of hydrogen-bond donors (Lipinski definition) is 2. The van der Waals surface area contributed by atoms with Crippen LogP contribution in [0.25, 0.3) is 0 Å². The summed E-state index contributed by atoms with van der Waals surface area (Å²) in [5.41, 5.74) is -0.863. The summed E-state index contributed by atoms with van der Waals surface area (Å²) in [5.74, 6) is -0.209. The summed E-state index contributed by atoms with van der Waals surface area (Å²) in [4.78, 5) is 25.7. The van der Waals surface area contributed by atoms with Crippen LogP contribution in [0.15, 0.2) is 18.2 Å². The van der Waals surface area contributed by atoms with Crippen molar-refractivity contribution in [1.82, 2.24) is 10.2 Å². The molecule has 0 unspecified atom stereocenters. The Bertz CT molecular complexity index is 848. The van der Waals surface area contributed by atoms with E-state index < -0.39 is 30.1 Å². The number of carbonyl (C=O) groups excluding carboxylic acids is 2. The van der Waals surface area contributed by atoms with E-state index in [0.29, 0.717) is 36.8 Å². The number of nitrogens with one attached hydrogen (secondary N) is 1. The van der Waals surface area contributed by atoms with Crippen molar-refractivity contribution < 1.29 is 33.0 Å². The summed E-state index contributed by atoms with van der Waals surface area (Å²) < 4.78 is 38.0. The standard InChI is InChI=1S/C25H36F2N2O5/c1-24(2,17-26)34-23(32)29-10-7-25(8-11-29)15-18(16-25)4-3-13-33-19-5-6-20(21(27)14-19)22(31)28-9-12-30/h5-6,14,18,30H,3-4,7-13,15-17H2,1-2H3,(H,28,31). The van der Waals surface area contributed by atoms with Crippen molar-refractivity contribution in [2.45, 2.75) is 58.0 Å². The minimum atomic E-state index is -1.08. The number of aliphatic hydroxyl groups is 1. The molecular formula is C25H36F2N2O5. The second-order valence-electron chi connectivity index (χ2n) is 10.1. The van der Waals surface area contributed by atoms with Crippen LogP contribution in [-0.4, -0.2) is 67.1 Å². The fraction of sp³-hybridized carbons (Fsp3) is 0.680. The normalized spacial score (nSPS) is 17.9. The Balaban J connectivity index is 1.32. The molecule has 1 saturated carbocycles. The van der Waals surface area contributed by atoms with E-state index >= 15 is 0 Å². The van der Waals surface area contributed by atoms with Crippen molar-refractivity contribution in [2.24, 2.45) is 11.3 Å². The molecule has 0 bridgehead atoms. The van der Waals surface area contributed by atoms with Crippen LogP contribution in [0.2, 0.25) is 0 Å². The molecular weight excluding hydrogens is 446 g/mol. The van der Waals surface area contributed by atoms with Gasteiger partial charge >= 0.3 is 6.09 Å². The van der Waals surface area contributed by atoms with Gasteiger partial charge in [-0.2, -0.15) is 0 Å². The third kappa shape index (κ3) is 6.81. The van der Waals surface area contributed by atoms with Gasteiger partial charge in [0.2, 0.25) is 0 Å². The lowest BCUT2D eigenvalue weighted by atomic mass is 9.56. The lowest BCUT2D eigenvalue weighted by Gasteiger charge is -2.52. The van der Waals surface area contributed by atoms with Gasteiger partial charge in [0.15, 0.2) is 0 Å². The first-order valence-electron chi connectivity index (χ1n) is 12.0. The summed E-state index contributed by atoms with van der Waals surface area (Å²) in [6.45, 7) is 4.08. The Morgan fingerprint density at radius 1 is 1.26 bits per heavy atom. The molecule has 190 valence electrons. The minimum absolute atomic E-state index is 0.0720. The fourth-order valence-electron chi connectivity index (χ4n) is 4.87. The lowest BCUT2D eigenvalue weighted by Crippen LogP contribution is -2.50. The Labute approximate surface area is 199 Å². The van der Waals surface area contributed by atoms with Crippen molar-refractivity contribution in [3.05, 3.63) is 29.6 Å². The first-order valence-corrected chi connectivity index (χ1v) is 12.0. The third-order valence-electron chi connectivity index (χ3n) is 6.82. The molecule has 0 radical (unpaired) electrons. The van der Waals surface area contributed by atoms with Crippen LogP contribution in [0.1, 0.15) is 62.7 Å². The number of benzene rings is 1. The van der Waals surface area contributed by atoms with Crippen LogP contribution in [0, 0.1) is 17.2 Å². The van der Waals surface area contributed by atoms with Gasteiger partial charge in [0.25, 0.3) is 5.91 Å². The summed E-state index contributed by atoms with van der Waals surface area (Å²) >= 11 is 0. The van der Waals surface area contributed by atoms with Crippen molar-refractivity contribution in [3.63, 3.8) is 0 Å². The van der Waals surface area contributed by atoms with E-state index in [0.717, 1.165) is 38.5 Å². The average molecular weight is 483 g/mol. The van der Waals surface area contributed by atoms with E-state index in [2.05, 4.69) is 5.32 Å². The summed E-state index contributed by atoms with van der Waals surface area (Å²) in [5, 5.41) is 11.2. The van der Waals surface area contributed by atoms with Gasteiger partial charge in [-0.3, -0.25) is 4.79 Å². The minimum Gasteiger partial charge on any atom is -0.493 e. The van der Waals surface area contributed by atoms with Gasteiger partial charge in [0.05, 0.1) is 18.8 Å². The topological polar surface area (TPSA) is 88.1 Å². The molecule has 2 aliphatic rings. The molecule has 1 aliphatic heterocycles. The van der Waals surface area contributed by atoms with E-state index in [1.165, 1.54) is 12.1 Å².